The predicted octanol–water partition coefficient (Wildman–Crippen LogP) is 0.779. The average Bonchev–Trinajstić information content (AvgIpc) is 2.49. The van der Waals surface area contributed by atoms with Crippen molar-refractivity contribution in [2.24, 2.45) is 0 Å². The molecule has 4 amide bonds. The summed E-state index contributed by atoms with van der Waals surface area (Å²) in [5, 5.41) is 3.94. The molecule has 0 radical (unpaired) electrons. The highest BCUT2D eigenvalue weighted by Gasteiger charge is 2.26. The first-order chi connectivity index (χ1) is 10.5. The zero-order valence-electron chi connectivity index (χ0n) is 11.6. The van der Waals surface area contributed by atoms with Crippen LogP contribution in [0.3, 0.4) is 0 Å². The Morgan fingerprint density at radius 2 is 1.64 bits per heavy atom. The Balaban J connectivity index is 2.10. The predicted molar refractivity (Wildman–Crippen MR) is 76.6 cm³/mol. The van der Waals surface area contributed by atoms with Crippen LogP contribution < -0.4 is 10.6 Å². The summed E-state index contributed by atoms with van der Waals surface area (Å²) >= 11 is 0. The Labute approximate surface area is 125 Å². The number of methoxy groups -OCH3 is 1. The molecule has 0 saturated carbocycles. The molecule has 2 rings (SSSR count). The van der Waals surface area contributed by atoms with E-state index in [1.807, 2.05) is 10.6 Å². The number of benzene rings is 1. The Kier molecular flexibility index (Phi) is 4.47. The van der Waals surface area contributed by atoms with Crippen molar-refractivity contribution >= 4 is 29.9 Å². The molecule has 0 aromatic heterocycles. The van der Waals surface area contributed by atoms with E-state index in [0.717, 1.165) is 5.56 Å². The quantitative estimate of drug-likeness (QED) is 0.488. The van der Waals surface area contributed by atoms with E-state index in [1.165, 1.54) is 19.3 Å². The molecule has 0 aliphatic carbocycles. The number of barbiturate groups is 1. The molecule has 2 N–H and O–H groups in total. The van der Waals surface area contributed by atoms with Crippen LogP contribution in [0, 0.1) is 0 Å². The van der Waals surface area contributed by atoms with E-state index in [2.05, 4.69) is 4.74 Å². The lowest BCUT2D eigenvalue weighted by Crippen LogP contribution is -2.51. The average molecular weight is 300 g/mol. The van der Waals surface area contributed by atoms with Gasteiger partial charge in [-0.05, 0) is 23.8 Å². The number of amides is 4. The third-order valence-corrected chi connectivity index (χ3v) is 2.83. The van der Waals surface area contributed by atoms with Gasteiger partial charge in [0.1, 0.15) is 5.57 Å². The largest absolute Gasteiger partial charge is 0.465 e. The van der Waals surface area contributed by atoms with Crippen LogP contribution in [0.15, 0.2) is 42.0 Å². The van der Waals surface area contributed by atoms with Crippen molar-refractivity contribution in [1.82, 2.24) is 10.6 Å². The fraction of sp³-hybridized carbons (Fsp3) is 0.0667. The van der Waals surface area contributed by atoms with Crippen LogP contribution in [-0.4, -0.2) is 30.9 Å². The summed E-state index contributed by atoms with van der Waals surface area (Å²) in [6, 6.07) is 5.72. The molecule has 0 spiro atoms. The Morgan fingerprint density at radius 3 is 2.18 bits per heavy atom. The number of imide groups is 2. The van der Waals surface area contributed by atoms with Gasteiger partial charge in [0.2, 0.25) is 0 Å². The summed E-state index contributed by atoms with van der Waals surface area (Å²) in [7, 11) is 1.30. The summed E-state index contributed by atoms with van der Waals surface area (Å²) in [4.78, 5) is 45.1. The SMILES string of the molecule is COC(=O)c1ccc(/C=C/C=C2C(=O)NC(=O)NC2=O)cc1. The maximum atomic E-state index is 11.5. The molecule has 1 heterocycles. The standard InChI is InChI=1S/C15H12N2O5/c1-22-14(20)10-7-5-9(6-8-10)3-2-4-11-12(18)16-15(21)17-13(11)19/h2-8H,1H3,(H2,16,17,18,19,21)/b3-2+. The number of rotatable bonds is 3. The minimum atomic E-state index is -0.838. The lowest BCUT2D eigenvalue weighted by atomic mass is 10.1. The molecular weight excluding hydrogens is 288 g/mol. The number of urea groups is 1. The molecule has 22 heavy (non-hydrogen) atoms. The second kappa shape index (κ2) is 6.49. The summed E-state index contributed by atoms with van der Waals surface area (Å²) in [5.41, 5.74) is 1.02. The van der Waals surface area contributed by atoms with E-state index in [0.29, 0.717) is 5.56 Å². The Hall–Kier alpha value is -3.22. The highest BCUT2D eigenvalue weighted by Crippen LogP contribution is 2.08. The Bertz CT molecular complexity index is 679. The summed E-state index contributed by atoms with van der Waals surface area (Å²) in [6.45, 7) is 0. The van der Waals surface area contributed by atoms with Crippen LogP contribution >= 0.6 is 0 Å². The molecule has 1 fully saturated rings. The Morgan fingerprint density at radius 1 is 1.05 bits per heavy atom. The molecule has 1 aromatic rings. The second-order valence-electron chi connectivity index (χ2n) is 4.29. The maximum absolute atomic E-state index is 11.5. The van der Waals surface area contributed by atoms with Gasteiger partial charge in [0.25, 0.3) is 11.8 Å². The lowest BCUT2D eigenvalue weighted by Gasteiger charge is -2.12. The van der Waals surface area contributed by atoms with Gasteiger partial charge in [-0.2, -0.15) is 0 Å². The van der Waals surface area contributed by atoms with Crippen LogP contribution in [0.25, 0.3) is 6.08 Å². The van der Waals surface area contributed by atoms with Gasteiger partial charge in [-0.25, -0.2) is 9.59 Å². The maximum Gasteiger partial charge on any atom is 0.337 e. The van der Waals surface area contributed by atoms with E-state index in [-0.39, 0.29) is 5.57 Å². The fourth-order valence-corrected chi connectivity index (χ4v) is 1.73. The highest BCUT2D eigenvalue weighted by molar-refractivity contribution is 6.29. The second-order valence-corrected chi connectivity index (χ2v) is 4.29. The van der Waals surface area contributed by atoms with Gasteiger partial charge in [0, 0.05) is 0 Å². The van der Waals surface area contributed by atoms with Gasteiger partial charge in [0.05, 0.1) is 12.7 Å². The third kappa shape index (κ3) is 3.45. The number of hydrogen-bond acceptors (Lipinski definition) is 5. The number of carbonyl (C=O) groups is 4. The van der Waals surface area contributed by atoms with Crippen molar-refractivity contribution in [2.45, 2.75) is 0 Å². The number of allylic oxidation sites excluding steroid dienone is 2. The van der Waals surface area contributed by atoms with Crippen LogP contribution in [0.5, 0.6) is 0 Å². The zero-order chi connectivity index (χ0) is 16.1. The van der Waals surface area contributed by atoms with Gasteiger partial charge >= 0.3 is 12.0 Å². The smallest absolute Gasteiger partial charge is 0.337 e. The highest BCUT2D eigenvalue weighted by atomic mass is 16.5. The van der Waals surface area contributed by atoms with E-state index >= 15 is 0 Å². The molecule has 7 nitrogen and oxygen atoms in total. The number of carbonyl (C=O) groups excluding carboxylic acids is 4. The van der Waals surface area contributed by atoms with E-state index < -0.39 is 23.8 Å². The molecule has 0 atom stereocenters. The normalized spacial score (nSPS) is 14.6. The van der Waals surface area contributed by atoms with Crippen molar-refractivity contribution in [3.05, 3.63) is 53.1 Å². The molecule has 7 heteroatoms. The third-order valence-electron chi connectivity index (χ3n) is 2.83. The number of nitrogens with one attached hydrogen (secondary N) is 2. The summed E-state index contributed by atoms with van der Waals surface area (Å²) < 4.78 is 4.59. The van der Waals surface area contributed by atoms with E-state index in [4.69, 9.17) is 0 Å². The first kappa shape index (κ1) is 15.2. The topological polar surface area (TPSA) is 102 Å². The first-order valence-corrected chi connectivity index (χ1v) is 6.24. The van der Waals surface area contributed by atoms with Crippen molar-refractivity contribution in [3.63, 3.8) is 0 Å². The number of hydrogen-bond donors (Lipinski definition) is 2. The molecule has 1 aromatic carbocycles. The molecule has 0 unspecified atom stereocenters. The molecular formula is C15H12N2O5. The first-order valence-electron chi connectivity index (χ1n) is 6.24. The van der Waals surface area contributed by atoms with Gasteiger partial charge in [-0.15, -0.1) is 0 Å². The minimum absolute atomic E-state index is 0.165. The fourth-order valence-electron chi connectivity index (χ4n) is 1.73. The summed E-state index contributed by atoms with van der Waals surface area (Å²) in [6.07, 6.45) is 4.44. The van der Waals surface area contributed by atoms with Gasteiger partial charge in [-0.1, -0.05) is 24.3 Å². The van der Waals surface area contributed by atoms with Crippen molar-refractivity contribution in [1.29, 1.82) is 0 Å². The number of ether oxygens (including phenoxy) is 1. The molecule has 1 saturated heterocycles. The van der Waals surface area contributed by atoms with Gasteiger partial charge in [-0.3, -0.25) is 20.2 Å². The molecule has 112 valence electrons. The van der Waals surface area contributed by atoms with Crippen LogP contribution in [0.4, 0.5) is 4.79 Å². The van der Waals surface area contributed by atoms with Crippen molar-refractivity contribution < 1.29 is 23.9 Å². The molecule has 0 bridgehead atoms. The van der Waals surface area contributed by atoms with Crippen molar-refractivity contribution in [3.8, 4) is 0 Å². The zero-order valence-corrected chi connectivity index (χ0v) is 11.6. The number of esters is 1. The molecule has 1 aliphatic heterocycles. The lowest BCUT2D eigenvalue weighted by molar-refractivity contribution is -0.124. The van der Waals surface area contributed by atoms with Crippen LogP contribution in [0.1, 0.15) is 15.9 Å². The minimum Gasteiger partial charge on any atom is -0.465 e. The van der Waals surface area contributed by atoms with Crippen molar-refractivity contribution in [2.75, 3.05) is 7.11 Å². The van der Waals surface area contributed by atoms with Gasteiger partial charge in [0.15, 0.2) is 0 Å². The summed E-state index contributed by atoms with van der Waals surface area (Å²) in [5.74, 6) is -1.93. The van der Waals surface area contributed by atoms with Crippen LogP contribution in [0.2, 0.25) is 0 Å². The monoisotopic (exact) mass is 300 g/mol. The van der Waals surface area contributed by atoms with Gasteiger partial charge < -0.3 is 4.74 Å². The van der Waals surface area contributed by atoms with E-state index in [1.54, 1.807) is 30.3 Å². The molecule has 1 aliphatic rings. The van der Waals surface area contributed by atoms with Crippen LogP contribution in [-0.2, 0) is 14.3 Å². The van der Waals surface area contributed by atoms with E-state index in [9.17, 15) is 19.2 Å².